The molecule has 0 atom stereocenters. The van der Waals surface area contributed by atoms with Crippen molar-refractivity contribution in [1.29, 1.82) is 0 Å². The number of hydrogen-bond donors (Lipinski definition) is 1. The molecule has 3 heteroatoms. The highest BCUT2D eigenvalue weighted by Crippen LogP contribution is 2.14. The van der Waals surface area contributed by atoms with Crippen molar-refractivity contribution in [2.45, 2.75) is 0 Å². The number of ketones is 1. The second kappa shape index (κ2) is 2.86. The van der Waals surface area contributed by atoms with E-state index in [0.29, 0.717) is 12.0 Å². The maximum Gasteiger partial charge on any atom is 0.241 e. The van der Waals surface area contributed by atoms with Crippen LogP contribution in [0.1, 0.15) is 10.5 Å². The Labute approximate surface area is 74.4 Å². The Balaban J connectivity index is 2.62. The van der Waals surface area contributed by atoms with Crippen LogP contribution >= 0.6 is 0 Å². The Morgan fingerprint density at radius 2 is 2.08 bits per heavy atom. The van der Waals surface area contributed by atoms with E-state index in [1.54, 1.807) is 6.07 Å². The van der Waals surface area contributed by atoms with Gasteiger partial charge in [0.25, 0.3) is 0 Å². The Kier molecular flexibility index (Phi) is 1.70. The molecular weight excluding hydrogens is 166 g/mol. The first kappa shape index (κ1) is 7.73. The van der Waals surface area contributed by atoms with E-state index < -0.39 is 5.78 Å². The van der Waals surface area contributed by atoms with Gasteiger partial charge in [0.05, 0.1) is 5.69 Å². The molecule has 0 aliphatic rings. The minimum absolute atomic E-state index is 0.310. The first-order chi connectivity index (χ1) is 6.31. The van der Waals surface area contributed by atoms with Gasteiger partial charge in [-0.2, -0.15) is 0 Å². The number of aromatic amines is 1. The number of carbonyl (C=O) groups excluding carboxylic acids is 2. The number of Topliss-reactive ketones (excluding diaryl/α,β-unsaturated/α-hetero) is 1. The van der Waals surface area contributed by atoms with Crippen LogP contribution in [0.25, 0.3) is 10.9 Å². The maximum atomic E-state index is 11.0. The average molecular weight is 173 g/mol. The van der Waals surface area contributed by atoms with E-state index in [1.165, 1.54) is 0 Å². The third-order valence-corrected chi connectivity index (χ3v) is 1.90. The van der Waals surface area contributed by atoms with Gasteiger partial charge >= 0.3 is 0 Å². The molecule has 64 valence electrons. The van der Waals surface area contributed by atoms with Crippen molar-refractivity contribution in [3.05, 3.63) is 36.0 Å². The highest BCUT2D eigenvalue weighted by atomic mass is 16.2. The molecule has 1 aromatic heterocycles. The maximum absolute atomic E-state index is 11.0. The molecule has 0 spiro atoms. The largest absolute Gasteiger partial charge is 0.352 e. The molecule has 0 saturated carbocycles. The highest BCUT2D eigenvalue weighted by molar-refractivity contribution is 6.33. The molecule has 0 aliphatic heterocycles. The van der Waals surface area contributed by atoms with Crippen molar-refractivity contribution in [2.24, 2.45) is 0 Å². The van der Waals surface area contributed by atoms with Gasteiger partial charge in [0.1, 0.15) is 0 Å². The summed E-state index contributed by atoms with van der Waals surface area (Å²) in [5.41, 5.74) is 1.21. The standard InChI is InChI=1S/C10H7NO2/c12-6-10(13)9-5-7-3-1-2-4-8(7)11-9/h1-6,11H. The van der Waals surface area contributed by atoms with E-state index in [-0.39, 0.29) is 0 Å². The van der Waals surface area contributed by atoms with E-state index in [4.69, 9.17) is 0 Å². The van der Waals surface area contributed by atoms with Crippen molar-refractivity contribution in [3.8, 4) is 0 Å². The van der Waals surface area contributed by atoms with Gasteiger partial charge in [-0.1, -0.05) is 18.2 Å². The number of aldehydes is 1. The molecule has 0 amide bonds. The molecule has 0 bridgehead atoms. The molecule has 0 fully saturated rings. The highest BCUT2D eigenvalue weighted by Gasteiger charge is 2.06. The average Bonchev–Trinajstić information content (AvgIpc) is 2.59. The summed E-state index contributed by atoms with van der Waals surface area (Å²) in [5, 5.41) is 0.938. The Hall–Kier alpha value is -1.90. The van der Waals surface area contributed by atoms with Crippen molar-refractivity contribution in [2.75, 3.05) is 0 Å². The number of H-pyrrole nitrogens is 1. The predicted octanol–water partition coefficient (Wildman–Crippen LogP) is 1.55. The van der Waals surface area contributed by atoms with Crippen LogP contribution in [-0.4, -0.2) is 17.1 Å². The molecule has 13 heavy (non-hydrogen) atoms. The normalized spacial score (nSPS) is 10.2. The van der Waals surface area contributed by atoms with Crippen molar-refractivity contribution >= 4 is 23.0 Å². The zero-order valence-electron chi connectivity index (χ0n) is 6.78. The summed E-state index contributed by atoms with van der Waals surface area (Å²) in [4.78, 5) is 24.1. The van der Waals surface area contributed by atoms with E-state index in [9.17, 15) is 9.59 Å². The smallest absolute Gasteiger partial charge is 0.241 e. The lowest BCUT2D eigenvalue weighted by Gasteiger charge is -1.84. The van der Waals surface area contributed by atoms with E-state index in [1.807, 2.05) is 24.3 Å². The van der Waals surface area contributed by atoms with Gasteiger partial charge in [0, 0.05) is 10.9 Å². The SMILES string of the molecule is O=CC(=O)c1cc2ccccc2[nH]1. The van der Waals surface area contributed by atoms with Crippen LogP contribution in [0.3, 0.4) is 0 Å². The number of para-hydroxylation sites is 1. The fraction of sp³-hybridized carbons (Fsp3) is 0. The van der Waals surface area contributed by atoms with Crippen LogP contribution < -0.4 is 0 Å². The molecule has 2 aromatic rings. The molecular formula is C10H7NO2. The molecule has 3 nitrogen and oxygen atoms in total. The summed E-state index contributed by atoms with van der Waals surface area (Å²) in [5.74, 6) is -0.517. The molecule has 0 aliphatic carbocycles. The van der Waals surface area contributed by atoms with E-state index >= 15 is 0 Å². The summed E-state index contributed by atoms with van der Waals surface area (Å²) in [7, 11) is 0. The molecule has 1 aromatic carbocycles. The minimum Gasteiger partial charge on any atom is -0.352 e. The van der Waals surface area contributed by atoms with Gasteiger partial charge < -0.3 is 4.98 Å². The summed E-state index contributed by atoms with van der Waals surface area (Å²) >= 11 is 0. The number of nitrogens with one attached hydrogen (secondary N) is 1. The first-order valence-electron chi connectivity index (χ1n) is 3.88. The Bertz CT molecular complexity index is 437. The number of aromatic nitrogens is 1. The first-order valence-corrected chi connectivity index (χ1v) is 3.88. The topological polar surface area (TPSA) is 49.9 Å². The van der Waals surface area contributed by atoms with E-state index in [0.717, 1.165) is 10.9 Å². The fourth-order valence-electron chi connectivity index (χ4n) is 1.27. The lowest BCUT2D eigenvalue weighted by atomic mass is 10.2. The predicted molar refractivity (Wildman–Crippen MR) is 48.7 cm³/mol. The monoisotopic (exact) mass is 173 g/mol. The molecule has 1 N–H and O–H groups in total. The molecule has 2 rings (SSSR count). The van der Waals surface area contributed by atoms with Crippen LogP contribution in [0.2, 0.25) is 0 Å². The van der Waals surface area contributed by atoms with Crippen molar-refractivity contribution in [3.63, 3.8) is 0 Å². The molecule has 1 heterocycles. The number of benzene rings is 1. The summed E-state index contributed by atoms with van der Waals surface area (Å²) < 4.78 is 0. The summed E-state index contributed by atoms with van der Waals surface area (Å²) in [6.07, 6.45) is 0.310. The van der Waals surface area contributed by atoms with Gasteiger partial charge in [-0.3, -0.25) is 9.59 Å². The van der Waals surface area contributed by atoms with Gasteiger partial charge in [-0.25, -0.2) is 0 Å². The number of carbonyl (C=O) groups is 2. The van der Waals surface area contributed by atoms with Crippen LogP contribution in [-0.2, 0) is 4.79 Å². The van der Waals surface area contributed by atoms with Crippen molar-refractivity contribution in [1.82, 2.24) is 4.98 Å². The fourth-order valence-corrected chi connectivity index (χ4v) is 1.27. The second-order valence-electron chi connectivity index (χ2n) is 2.75. The zero-order valence-corrected chi connectivity index (χ0v) is 6.78. The van der Waals surface area contributed by atoms with Crippen LogP contribution in [0.5, 0.6) is 0 Å². The zero-order chi connectivity index (χ0) is 9.26. The minimum atomic E-state index is -0.517. The van der Waals surface area contributed by atoms with Crippen LogP contribution in [0, 0.1) is 0 Å². The van der Waals surface area contributed by atoms with Gasteiger partial charge in [0.2, 0.25) is 5.78 Å². The van der Waals surface area contributed by atoms with Crippen molar-refractivity contribution < 1.29 is 9.59 Å². The molecule has 0 unspecified atom stereocenters. The summed E-state index contributed by atoms with van der Waals surface area (Å²) in [6.45, 7) is 0. The summed E-state index contributed by atoms with van der Waals surface area (Å²) in [6, 6.07) is 9.16. The van der Waals surface area contributed by atoms with Gasteiger partial charge in [0.15, 0.2) is 6.29 Å². The molecule has 0 radical (unpaired) electrons. The molecule has 0 saturated heterocycles. The van der Waals surface area contributed by atoms with E-state index in [2.05, 4.69) is 4.98 Å². The third-order valence-electron chi connectivity index (χ3n) is 1.90. The van der Waals surface area contributed by atoms with Crippen LogP contribution in [0.4, 0.5) is 0 Å². The quantitative estimate of drug-likeness (QED) is 0.425. The lowest BCUT2D eigenvalue weighted by Crippen LogP contribution is -1.98. The Morgan fingerprint density at radius 1 is 1.31 bits per heavy atom. The number of rotatable bonds is 2. The van der Waals surface area contributed by atoms with Gasteiger partial charge in [-0.05, 0) is 12.1 Å². The Morgan fingerprint density at radius 3 is 2.77 bits per heavy atom. The number of hydrogen-bond acceptors (Lipinski definition) is 2. The number of fused-ring (bicyclic) bond motifs is 1. The third kappa shape index (κ3) is 1.24. The van der Waals surface area contributed by atoms with Gasteiger partial charge in [-0.15, -0.1) is 0 Å². The second-order valence-corrected chi connectivity index (χ2v) is 2.75. The van der Waals surface area contributed by atoms with Crippen LogP contribution in [0.15, 0.2) is 30.3 Å². The lowest BCUT2D eigenvalue weighted by molar-refractivity contribution is -0.104.